The zero-order valence-electron chi connectivity index (χ0n) is 13.9. The van der Waals surface area contributed by atoms with Gasteiger partial charge >= 0.3 is 0 Å². The topological polar surface area (TPSA) is 84.1 Å². The smallest absolute Gasteiger partial charge is 0.221 e. The predicted octanol–water partition coefficient (Wildman–Crippen LogP) is 2.16. The molecule has 1 fully saturated rings. The van der Waals surface area contributed by atoms with E-state index in [4.69, 9.17) is 5.73 Å². The molecule has 1 atom stereocenters. The lowest BCUT2D eigenvalue weighted by atomic mass is 9.97. The summed E-state index contributed by atoms with van der Waals surface area (Å²) < 4.78 is 4.17. The Morgan fingerprint density at radius 2 is 2.29 bits per heavy atom. The molecule has 0 unspecified atom stereocenters. The number of benzene rings is 1. The van der Waals surface area contributed by atoms with Crippen LogP contribution in [0.1, 0.15) is 29.8 Å². The van der Waals surface area contributed by atoms with Crippen molar-refractivity contribution in [3.05, 3.63) is 41.2 Å². The van der Waals surface area contributed by atoms with Crippen LogP contribution < -0.4 is 11.1 Å². The molecule has 1 saturated heterocycles. The fourth-order valence-electron chi connectivity index (χ4n) is 3.07. The number of aromatic nitrogens is 2. The average molecular weight is 345 g/mol. The molecule has 1 aromatic carbocycles. The molecule has 1 aliphatic rings. The molecule has 7 heteroatoms. The Bertz CT molecular complexity index is 702. The van der Waals surface area contributed by atoms with E-state index < -0.39 is 0 Å². The first-order valence-electron chi connectivity index (χ1n) is 8.24. The van der Waals surface area contributed by atoms with Gasteiger partial charge in [0.25, 0.3) is 0 Å². The minimum absolute atomic E-state index is 0.00996. The first-order chi connectivity index (χ1) is 11.6. The van der Waals surface area contributed by atoms with Crippen molar-refractivity contribution in [2.75, 3.05) is 18.4 Å². The van der Waals surface area contributed by atoms with Crippen molar-refractivity contribution in [1.29, 1.82) is 0 Å². The summed E-state index contributed by atoms with van der Waals surface area (Å²) in [4.78, 5) is 18.0. The number of carbonyl (C=O) groups excluding carboxylic acids is 1. The third kappa shape index (κ3) is 4.52. The van der Waals surface area contributed by atoms with E-state index in [1.165, 1.54) is 22.7 Å². The number of aryl methyl sites for hydroxylation is 1. The molecule has 2 aromatic rings. The van der Waals surface area contributed by atoms with Gasteiger partial charge in [0.05, 0.1) is 5.92 Å². The molecule has 2 heterocycles. The number of piperidine rings is 1. The maximum Gasteiger partial charge on any atom is 0.221 e. The maximum atomic E-state index is 11.4. The number of nitrogens with one attached hydrogen (secondary N) is 1. The molecule has 1 amide bonds. The molecule has 0 radical (unpaired) electrons. The van der Waals surface area contributed by atoms with Crippen molar-refractivity contribution in [2.24, 2.45) is 11.7 Å². The van der Waals surface area contributed by atoms with E-state index in [-0.39, 0.29) is 11.8 Å². The van der Waals surface area contributed by atoms with E-state index in [0.29, 0.717) is 0 Å². The second-order valence-electron chi connectivity index (χ2n) is 6.30. The second kappa shape index (κ2) is 7.72. The third-order valence-electron chi connectivity index (χ3n) is 4.28. The molecule has 6 nitrogen and oxygen atoms in total. The quantitative estimate of drug-likeness (QED) is 0.838. The fourth-order valence-corrected chi connectivity index (χ4v) is 3.64. The number of amides is 1. The van der Waals surface area contributed by atoms with Crippen molar-refractivity contribution in [1.82, 2.24) is 14.3 Å². The molecule has 3 rings (SSSR count). The van der Waals surface area contributed by atoms with Crippen molar-refractivity contribution < 1.29 is 4.79 Å². The van der Waals surface area contributed by atoms with Crippen LogP contribution in [0.4, 0.5) is 5.13 Å². The van der Waals surface area contributed by atoms with Crippen molar-refractivity contribution >= 4 is 22.6 Å². The molecule has 3 N–H and O–H groups in total. The van der Waals surface area contributed by atoms with Crippen LogP contribution in [-0.4, -0.2) is 33.3 Å². The summed E-state index contributed by atoms with van der Waals surface area (Å²) in [5.41, 5.74) is 7.93. The lowest BCUT2D eigenvalue weighted by Crippen LogP contribution is -2.40. The first kappa shape index (κ1) is 16.9. The number of hydrogen-bond acceptors (Lipinski definition) is 6. The number of rotatable bonds is 6. The molecular weight excluding hydrogens is 322 g/mol. The fraction of sp³-hybridized carbons (Fsp3) is 0.471. The highest BCUT2D eigenvalue weighted by Gasteiger charge is 2.23. The lowest BCUT2D eigenvalue weighted by Gasteiger charge is -2.31. The molecule has 0 aliphatic carbocycles. The van der Waals surface area contributed by atoms with Gasteiger partial charge in [-0.25, -0.2) is 4.98 Å². The Morgan fingerprint density at radius 1 is 1.46 bits per heavy atom. The van der Waals surface area contributed by atoms with Gasteiger partial charge in [0.2, 0.25) is 11.0 Å². The van der Waals surface area contributed by atoms with Gasteiger partial charge in [0.15, 0.2) is 0 Å². The van der Waals surface area contributed by atoms with Gasteiger partial charge in [-0.1, -0.05) is 24.3 Å². The zero-order chi connectivity index (χ0) is 16.9. The van der Waals surface area contributed by atoms with E-state index in [2.05, 4.69) is 43.8 Å². The first-order valence-corrected chi connectivity index (χ1v) is 9.01. The van der Waals surface area contributed by atoms with Gasteiger partial charge in [-0.3, -0.25) is 9.69 Å². The number of anilines is 1. The summed E-state index contributed by atoms with van der Waals surface area (Å²) in [6, 6.07) is 8.52. The van der Waals surface area contributed by atoms with Gasteiger partial charge in [0, 0.05) is 31.2 Å². The van der Waals surface area contributed by atoms with Crippen LogP contribution in [0.3, 0.4) is 0 Å². The second-order valence-corrected chi connectivity index (χ2v) is 7.05. The van der Waals surface area contributed by atoms with Crippen LogP contribution in [0.15, 0.2) is 24.3 Å². The number of nitrogens with two attached hydrogens (primary N) is 1. The summed E-state index contributed by atoms with van der Waals surface area (Å²) in [5, 5.41) is 4.15. The number of primary amides is 1. The summed E-state index contributed by atoms with van der Waals surface area (Å²) in [6.45, 7) is 5.26. The summed E-state index contributed by atoms with van der Waals surface area (Å²) in [6.07, 6.45) is 1.95. The van der Waals surface area contributed by atoms with Gasteiger partial charge in [0.1, 0.15) is 5.82 Å². The van der Waals surface area contributed by atoms with Gasteiger partial charge in [-0.2, -0.15) is 4.37 Å². The highest BCUT2D eigenvalue weighted by molar-refractivity contribution is 7.09. The molecular formula is C17H23N5OS. The standard InChI is InChI=1S/C17H23N5OS/c1-12-20-17(24-21-12)19-9-13-4-2-5-14(8-13)10-22-7-3-6-15(11-22)16(18)23/h2,4-5,8,15H,3,6-7,9-11H2,1H3,(H2,18,23)(H,19,20,21)/t15-/m1/s1. The van der Waals surface area contributed by atoms with Crippen LogP contribution >= 0.6 is 11.5 Å². The lowest BCUT2D eigenvalue weighted by molar-refractivity contribution is -0.123. The number of hydrogen-bond donors (Lipinski definition) is 2. The van der Waals surface area contributed by atoms with Crippen LogP contribution in [-0.2, 0) is 17.9 Å². The van der Waals surface area contributed by atoms with Crippen LogP contribution in [0.25, 0.3) is 0 Å². The molecule has 24 heavy (non-hydrogen) atoms. The summed E-state index contributed by atoms with van der Waals surface area (Å²) >= 11 is 1.38. The van der Waals surface area contributed by atoms with E-state index in [1.54, 1.807) is 0 Å². The van der Waals surface area contributed by atoms with Gasteiger partial charge < -0.3 is 11.1 Å². The molecule has 128 valence electrons. The SMILES string of the molecule is Cc1nsc(NCc2cccc(CN3CCC[C@@H](C(N)=O)C3)c2)n1. The minimum atomic E-state index is -0.176. The van der Waals surface area contributed by atoms with Crippen LogP contribution in [0, 0.1) is 12.8 Å². The number of likely N-dealkylation sites (tertiary alicyclic amines) is 1. The van der Waals surface area contributed by atoms with Crippen LogP contribution in [0.5, 0.6) is 0 Å². The van der Waals surface area contributed by atoms with Crippen LogP contribution in [0.2, 0.25) is 0 Å². The van der Waals surface area contributed by atoms with E-state index >= 15 is 0 Å². The van der Waals surface area contributed by atoms with Crippen molar-refractivity contribution in [2.45, 2.75) is 32.9 Å². The Kier molecular flexibility index (Phi) is 5.42. The van der Waals surface area contributed by atoms with Crippen molar-refractivity contribution in [3.63, 3.8) is 0 Å². The molecule has 1 aromatic heterocycles. The normalized spacial score (nSPS) is 18.5. The average Bonchev–Trinajstić information content (AvgIpc) is 2.99. The zero-order valence-corrected chi connectivity index (χ0v) is 14.7. The summed E-state index contributed by atoms with van der Waals surface area (Å²) in [7, 11) is 0. The van der Waals surface area contributed by atoms with E-state index in [9.17, 15) is 4.79 Å². The molecule has 1 aliphatic heterocycles. The number of carbonyl (C=O) groups is 1. The van der Waals surface area contributed by atoms with Gasteiger partial charge in [-0.05, 0) is 37.4 Å². The Balaban J connectivity index is 1.57. The number of nitrogens with zero attached hydrogens (tertiary/aromatic N) is 3. The van der Waals surface area contributed by atoms with E-state index in [1.807, 2.05) is 6.92 Å². The minimum Gasteiger partial charge on any atom is -0.369 e. The molecule has 0 saturated carbocycles. The largest absolute Gasteiger partial charge is 0.369 e. The highest BCUT2D eigenvalue weighted by atomic mass is 32.1. The van der Waals surface area contributed by atoms with Gasteiger partial charge in [-0.15, -0.1) is 0 Å². The summed E-state index contributed by atoms with van der Waals surface area (Å²) in [5.74, 6) is 0.611. The Labute approximate surface area is 146 Å². The Morgan fingerprint density at radius 3 is 3.04 bits per heavy atom. The maximum absolute atomic E-state index is 11.4. The van der Waals surface area contributed by atoms with Crippen molar-refractivity contribution in [3.8, 4) is 0 Å². The third-order valence-corrected chi connectivity index (χ3v) is 5.04. The Hall–Kier alpha value is -1.99. The molecule has 0 spiro atoms. The highest BCUT2D eigenvalue weighted by Crippen LogP contribution is 2.19. The monoisotopic (exact) mass is 345 g/mol. The molecule has 0 bridgehead atoms. The predicted molar refractivity (Wildman–Crippen MR) is 95.6 cm³/mol. The van der Waals surface area contributed by atoms with E-state index in [0.717, 1.165) is 50.0 Å².